The second-order valence-corrected chi connectivity index (χ2v) is 9.29. The van der Waals surface area contributed by atoms with E-state index in [2.05, 4.69) is 15.5 Å². The highest BCUT2D eigenvalue weighted by molar-refractivity contribution is 5.95. The number of hydrogen-bond donors (Lipinski definition) is 2. The average Bonchev–Trinajstić information content (AvgIpc) is 3.35. The smallest absolute Gasteiger partial charge is 0.267 e. The van der Waals surface area contributed by atoms with Gasteiger partial charge in [0.2, 0.25) is 5.91 Å². The summed E-state index contributed by atoms with van der Waals surface area (Å²) in [5.74, 6) is -0.848. The zero-order chi connectivity index (χ0) is 24.5. The Labute approximate surface area is 198 Å². The summed E-state index contributed by atoms with van der Waals surface area (Å²) in [4.78, 5) is 41.4. The number of aromatic nitrogens is 2. The fraction of sp³-hybridized carbons (Fsp3) is 0.520. The Bertz CT molecular complexity index is 1150. The lowest BCUT2D eigenvalue weighted by molar-refractivity contribution is -0.139. The van der Waals surface area contributed by atoms with Crippen molar-refractivity contribution in [3.8, 4) is 0 Å². The van der Waals surface area contributed by atoms with E-state index in [9.17, 15) is 18.8 Å². The van der Waals surface area contributed by atoms with E-state index in [1.54, 1.807) is 24.0 Å². The molecule has 8 nitrogen and oxygen atoms in total. The molecule has 0 bridgehead atoms. The summed E-state index contributed by atoms with van der Waals surface area (Å²) in [6, 6.07) is 4.49. The molecule has 2 N–H and O–H groups in total. The van der Waals surface area contributed by atoms with Gasteiger partial charge in [0.15, 0.2) is 0 Å². The molecule has 2 aliphatic heterocycles. The number of amides is 2. The van der Waals surface area contributed by atoms with E-state index in [4.69, 9.17) is 0 Å². The van der Waals surface area contributed by atoms with E-state index < -0.39 is 11.4 Å². The fourth-order valence-electron chi connectivity index (χ4n) is 4.91. The van der Waals surface area contributed by atoms with Crippen molar-refractivity contribution in [3.05, 3.63) is 62.3 Å². The van der Waals surface area contributed by atoms with Gasteiger partial charge in [0.1, 0.15) is 5.82 Å². The van der Waals surface area contributed by atoms with Gasteiger partial charge in [0, 0.05) is 38.2 Å². The predicted octanol–water partition coefficient (Wildman–Crippen LogP) is 1.93. The minimum Gasteiger partial charge on any atom is -0.338 e. The van der Waals surface area contributed by atoms with Gasteiger partial charge in [-0.1, -0.05) is 13.0 Å². The summed E-state index contributed by atoms with van der Waals surface area (Å²) >= 11 is 0. The number of carbonyl (C=O) groups excluding carboxylic acids is 2. The molecule has 0 spiro atoms. The van der Waals surface area contributed by atoms with Crippen molar-refractivity contribution in [2.45, 2.75) is 52.0 Å². The minimum atomic E-state index is -0.574. The number of rotatable bonds is 5. The van der Waals surface area contributed by atoms with Gasteiger partial charge in [-0.25, -0.2) is 9.49 Å². The summed E-state index contributed by atoms with van der Waals surface area (Å²) in [7, 11) is 0. The van der Waals surface area contributed by atoms with Crippen molar-refractivity contribution in [3.63, 3.8) is 0 Å². The SMILES string of the molecule is CC[C@@]1(C(=O)N2CCN(C(=O)c3cc(Cc4n[nH]c(=O)c(C)c4C)ccc3F)CC2)CCCN1. The third kappa shape index (κ3) is 4.49. The third-order valence-electron chi connectivity index (χ3n) is 7.37. The highest BCUT2D eigenvalue weighted by atomic mass is 19.1. The zero-order valence-corrected chi connectivity index (χ0v) is 20.0. The lowest BCUT2D eigenvalue weighted by Crippen LogP contribution is -2.59. The molecule has 3 heterocycles. The van der Waals surface area contributed by atoms with Crippen LogP contribution in [0.2, 0.25) is 0 Å². The van der Waals surface area contributed by atoms with Gasteiger partial charge < -0.3 is 15.1 Å². The van der Waals surface area contributed by atoms with E-state index in [-0.39, 0.29) is 22.9 Å². The van der Waals surface area contributed by atoms with Gasteiger partial charge in [-0.05, 0) is 62.9 Å². The van der Waals surface area contributed by atoms with Gasteiger partial charge in [-0.2, -0.15) is 5.10 Å². The summed E-state index contributed by atoms with van der Waals surface area (Å²) < 4.78 is 14.6. The Morgan fingerprint density at radius 2 is 1.82 bits per heavy atom. The molecule has 1 atom stereocenters. The number of halogens is 1. The maximum absolute atomic E-state index is 14.6. The third-order valence-corrected chi connectivity index (χ3v) is 7.37. The van der Waals surface area contributed by atoms with Crippen molar-refractivity contribution >= 4 is 11.8 Å². The van der Waals surface area contributed by atoms with Crippen molar-refractivity contribution in [2.75, 3.05) is 32.7 Å². The summed E-state index contributed by atoms with van der Waals surface area (Å²) in [6.07, 6.45) is 2.94. The Kier molecular flexibility index (Phi) is 6.84. The normalized spacial score (nSPS) is 20.6. The van der Waals surface area contributed by atoms with E-state index in [0.29, 0.717) is 43.9 Å². The standard InChI is InChI=1S/C25H32FN5O3/c1-4-25(8-5-9-27-25)24(34)31-12-10-30(11-13-31)23(33)19-14-18(6-7-20(19)26)15-21-16(2)17(3)22(32)29-28-21/h6-7,14,27H,4-5,8-13,15H2,1-3H3,(H,29,32)/t25-/m0/s1. The van der Waals surface area contributed by atoms with Crippen LogP contribution in [-0.2, 0) is 11.2 Å². The maximum atomic E-state index is 14.6. The Morgan fingerprint density at radius 3 is 2.47 bits per heavy atom. The molecule has 2 aliphatic rings. The summed E-state index contributed by atoms with van der Waals surface area (Å²) in [5, 5.41) is 9.97. The van der Waals surface area contributed by atoms with Crippen LogP contribution in [0.25, 0.3) is 0 Å². The van der Waals surface area contributed by atoms with Gasteiger partial charge in [-0.15, -0.1) is 0 Å². The van der Waals surface area contributed by atoms with E-state index in [0.717, 1.165) is 36.9 Å². The van der Waals surface area contributed by atoms with E-state index >= 15 is 0 Å². The van der Waals surface area contributed by atoms with E-state index in [1.807, 2.05) is 18.7 Å². The largest absolute Gasteiger partial charge is 0.338 e. The van der Waals surface area contributed by atoms with E-state index in [1.165, 1.54) is 6.07 Å². The summed E-state index contributed by atoms with van der Waals surface area (Å²) in [6.45, 7) is 8.05. The molecule has 182 valence electrons. The number of hydrogen-bond acceptors (Lipinski definition) is 5. The number of piperazine rings is 1. The first-order valence-corrected chi connectivity index (χ1v) is 11.9. The molecule has 2 saturated heterocycles. The lowest BCUT2D eigenvalue weighted by atomic mass is 9.92. The fourth-order valence-corrected chi connectivity index (χ4v) is 4.91. The van der Waals surface area contributed by atoms with Crippen molar-refractivity contribution in [1.29, 1.82) is 0 Å². The molecule has 2 aromatic rings. The monoisotopic (exact) mass is 469 g/mol. The average molecular weight is 470 g/mol. The number of H-pyrrole nitrogens is 1. The van der Waals surface area contributed by atoms with Crippen LogP contribution in [0.15, 0.2) is 23.0 Å². The maximum Gasteiger partial charge on any atom is 0.267 e. The van der Waals surface area contributed by atoms with Gasteiger partial charge >= 0.3 is 0 Å². The molecule has 34 heavy (non-hydrogen) atoms. The first kappa shape index (κ1) is 24.1. The Balaban J connectivity index is 1.45. The van der Waals surface area contributed by atoms with Gasteiger partial charge in [0.05, 0.1) is 16.8 Å². The van der Waals surface area contributed by atoms with Gasteiger partial charge in [0.25, 0.3) is 11.5 Å². The van der Waals surface area contributed by atoms with Crippen LogP contribution in [0.4, 0.5) is 4.39 Å². The zero-order valence-electron chi connectivity index (χ0n) is 20.0. The number of benzene rings is 1. The number of nitrogens with one attached hydrogen (secondary N) is 2. The molecule has 2 amide bonds. The second kappa shape index (κ2) is 9.66. The molecule has 0 saturated carbocycles. The lowest BCUT2D eigenvalue weighted by Gasteiger charge is -2.39. The molecule has 1 aromatic heterocycles. The first-order chi connectivity index (χ1) is 16.3. The van der Waals surface area contributed by atoms with Crippen LogP contribution in [0.1, 0.15) is 58.9 Å². The van der Waals surface area contributed by atoms with Crippen molar-refractivity contribution in [2.24, 2.45) is 0 Å². The molecular weight excluding hydrogens is 437 g/mol. The van der Waals surface area contributed by atoms with Crippen LogP contribution in [0.5, 0.6) is 0 Å². The molecule has 4 rings (SSSR count). The van der Waals surface area contributed by atoms with Gasteiger partial charge in [-0.3, -0.25) is 14.4 Å². The molecule has 0 unspecified atom stereocenters. The van der Waals surface area contributed by atoms with Crippen LogP contribution >= 0.6 is 0 Å². The number of aromatic amines is 1. The van der Waals surface area contributed by atoms with Crippen LogP contribution in [0, 0.1) is 19.7 Å². The minimum absolute atomic E-state index is 0.0126. The Morgan fingerprint density at radius 1 is 1.12 bits per heavy atom. The first-order valence-electron chi connectivity index (χ1n) is 11.9. The Hall–Kier alpha value is -3.07. The van der Waals surface area contributed by atoms with Crippen molar-refractivity contribution in [1.82, 2.24) is 25.3 Å². The van der Waals surface area contributed by atoms with Crippen LogP contribution in [-0.4, -0.2) is 70.1 Å². The van der Waals surface area contributed by atoms with Crippen LogP contribution < -0.4 is 10.9 Å². The molecule has 1 aromatic carbocycles. The highest BCUT2D eigenvalue weighted by Gasteiger charge is 2.42. The summed E-state index contributed by atoms with van der Waals surface area (Å²) in [5.41, 5.74) is 2.08. The quantitative estimate of drug-likeness (QED) is 0.697. The van der Waals surface area contributed by atoms with Crippen molar-refractivity contribution < 1.29 is 14.0 Å². The highest BCUT2D eigenvalue weighted by Crippen LogP contribution is 2.26. The molecule has 9 heteroatoms. The number of nitrogens with zero attached hydrogens (tertiary/aromatic N) is 3. The molecule has 0 radical (unpaired) electrons. The molecular formula is C25H32FN5O3. The molecule has 2 fully saturated rings. The van der Waals surface area contributed by atoms with Crippen LogP contribution in [0.3, 0.4) is 0 Å². The number of carbonyl (C=O) groups is 2. The second-order valence-electron chi connectivity index (χ2n) is 9.29. The molecule has 0 aliphatic carbocycles. The topological polar surface area (TPSA) is 98.4 Å². The predicted molar refractivity (Wildman–Crippen MR) is 126 cm³/mol.